The van der Waals surface area contributed by atoms with Gasteiger partial charge in [0.2, 0.25) is 0 Å². The van der Waals surface area contributed by atoms with E-state index in [0.29, 0.717) is 17.2 Å². The first kappa shape index (κ1) is 11.7. The van der Waals surface area contributed by atoms with E-state index in [1.807, 2.05) is 6.07 Å². The maximum Gasteiger partial charge on any atom is 0.298 e. The molecule has 0 amide bonds. The molecule has 0 saturated heterocycles. The van der Waals surface area contributed by atoms with Crippen molar-refractivity contribution in [2.24, 2.45) is 0 Å². The lowest BCUT2D eigenvalue weighted by molar-refractivity contribution is -0.120. The Morgan fingerprint density at radius 3 is 2.53 bits per heavy atom. The molecule has 3 aromatic rings. The summed E-state index contributed by atoms with van der Waals surface area (Å²) in [7, 11) is 0. The van der Waals surface area contributed by atoms with Crippen LogP contribution < -0.4 is 4.74 Å². The van der Waals surface area contributed by atoms with Crippen molar-refractivity contribution in [3.63, 3.8) is 0 Å². The van der Waals surface area contributed by atoms with Crippen LogP contribution in [-0.4, -0.2) is 21.5 Å². The first-order valence-electron chi connectivity index (χ1n) is 5.49. The zero-order valence-electron chi connectivity index (χ0n) is 9.65. The highest BCUT2D eigenvalue weighted by molar-refractivity contribution is 6.31. The van der Waals surface area contributed by atoms with Crippen LogP contribution in [0.15, 0.2) is 42.5 Å². The SMILES string of the molecule is O=COc1ccc(-n2nc3ccc(Cl)cc3n2)cc1. The van der Waals surface area contributed by atoms with Gasteiger partial charge in [0, 0.05) is 5.02 Å². The number of rotatable bonds is 3. The summed E-state index contributed by atoms with van der Waals surface area (Å²) < 4.78 is 4.72. The summed E-state index contributed by atoms with van der Waals surface area (Å²) in [6.07, 6.45) is 0. The van der Waals surface area contributed by atoms with Gasteiger partial charge in [0.15, 0.2) is 0 Å². The minimum Gasteiger partial charge on any atom is -0.429 e. The van der Waals surface area contributed by atoms with Crippen molar-refractivity contribution in [3.8, 4) is 11.4 Å². The van der Waals surface area contributed by atoms with Gasteiger partial charge in [-0.2, -0.15) is 4.80 Å². The van der Waals surface area contributed by atoms with Crippen LogP contribution >= 0.6 is 11.6 Å². The van der Waals surface area contributed by atoms with Crippen molar-refractivity contribution in [1.29, 1.82) is 0 Å². The van der Waals surface area contributed by atoms with Gasteiger partial charge in [-0.3, -0.25) is 4.79 Å². The first-order valence-corrected chi connectivity index (χ1v) is 5.87. The summed E-state index contributed by atoms with van der Waals surface area (Å²) in [5, 5.41) is 9.29. The van der Waals surface area contributed by atoms with Crippen LogP contribution in [0.3, 0.4) is 0 Å². The van der Waals surface area contributed by atoms with Gasteiger partial charge in [-0.15, -0.1) is 10.2 Å². The number of carbonyl (C=O) groups excluding carboxylic acids is 1. The van der Waals surface area contributed by atoms with Crippen LogP contribution in [-0.2, 0) is 4.79 Å². The molecule has 94 valence electrons. The highest BCUT2D eigenvalue weighted by atomic mass is 35.5. The number of aromatic nitrogens is 3. The van der Waals surface area contributed by atoms with E-state index in [1.54, 1.807) is 36.4 Å². The zero-order chi connectivity index (χ0) is 13.2. The van der Waals surface area contributed by atoms with E-state index in [1.165, 1.54) is 4.80 Å². The van der Waals surface area contributed by atoms with Gasteiger partial charge in [-0.1, -0.05) is 11.6 Å². The molecule has 0 bridgehead atoms. The summed E-state index contributed by atoms with van der Waals surface area (Å²) in [6, 6.07) is 12.2. The normalized spacial score (nSPS) is 10.6. The average molecular weight is 274 g/mol. The molecule has 0 spiro atoms. The summed E-state index contributed by atoms with van der Waals surface area (Å²) >= 11 is 5.90. The largest absolute Gasteiger partial charge is 0.429 e. The molecular weight excluding hydrogens is 266 g/mol. The van der Waals surface area contributed by atoms with Crippen molar-refractivity contribution in [2.75, 3.05) is 0 Å². The van der Waals surface area contributed by atoms with Crippen LogP contribution in [0.25, 0.3) is 16.7 Å². The molecule has 0 radical (unpaired) electrons. The molecule has 0 saturated carbocycles. The van der Waals surface area contributed by atoms with E-state index in [9.17, 15) is 4.79 Å². The zero-order valence-corrected chi connectivity index (χ0v) is 10.4. The molecule has 0 aliphatic rings. The molecule has 0 fully saturated rings. The molecule has 0 aliphatic heterocycles. The van der Waals surface area contributed by atoms with E-state index < -0.39 is 0 Å². The Balaban J connectivity index is 2.01. The van der Waals surface area contributed by atoms with Gasteiger partial charge in [-0.05, 0) is 42.5 Å². The van der Waals surface area contributed by atoms with Gasteiger partial charge in [-0.25, -0.2) is 0 Å². The van der Waals surface area contributed by atoms with E-state index in [-0.39, 0.29) is 0 Å². The second-order valence-electron chi connectivity index (χ2n) is 3.83. The quantitative estimate of drug-likeness (QED) is 0.688. The minimum absolute atomic E-state index is 0.386. The molecule has 0 atom stereocenters. The maximum atomic E-state index is 10.2. The van der Waals surface area contributed by atoms with Crippen molar-refractivity contribution >= 4 is 29.1 Å². The van der Waals surface area contributed by atoms with E-state index in [0.717, 1.165) is 16.7 Å². The number of halogens is 1. The average Bonchev–Trinajstić information content (AvgIpc) is 2.83. The lowest BCUT2D eigenvalue weighted by Gasteiger charge is -2.00. The van der Waals surface area contributed by atoms with Gasteiger partial charge < -0.3 is 4.74 Å². The molecular formula is C13H8ClN3O2. The molecule has 19 heavy (non-hydrogen) atoms. The predicted octanol–water partition coefficient (Wildman–Crippen LogP) is 2.61. The fourth-order valence-corrected chi connectivity index (χ4v) is 1.88. The highest BCUT2D eigenvalue weighted by Gasteiger charge is 2.05. The second kappa shape index (κ2) is 4.70. The summed E-state index contributed by atoms with van der Waals surface area (Å²) in [4.78, 5) is 11.7. The number of hydrogen-bond donors (Lipinski definition) is 0. The fourth-order valence-electron chi connectivity index (χ4n) is 1.72. The molecule has 5 nitrogen and oxygen atoms in total. The lowest BCUT2D eigenvalue weighted by atomic mass is 10.3. The Hall–Kier alpha value is -2.40. The Bertz CT molecular complexity index is 737. The monoisotopic (exact) mass is 273 g/mol. The molecule has 6 heteroatoms. The Labute approximate surface area is 113 Å². The first-order chi connectivity index (χ1) is 9.26. The molecule has 1 heterocycles. The standard InChI is InChI=1S/C13H8ClN3O2/c14-9-1-6-12-13(7-9)16-17(15-12)10-2-4-11(5-3-10)19-8-18/h1-8H. The molecule has 0 aliphatic carbocycles. The number of hydrogen-bond acceptors (Lipinski definition) is 4. The number of nitrogens with zero attached hydrogens (tertiary/aromatic N) is 3. The summed E-state index contributed by atoms with van der Waals surface area (Å²) in [5.41, 5.74) is 2.25. The number of benzene rings is 2. The molecule has 2 aromatic carbocycles. The predicted molar refractivity (Wildman–Crippen MR) is 70.6 cm³/mol. The van der Waals surface area contributed by atoms with Gasteiger partial charge >= 0.3 is 0 Å². The number of carbonyl (C=O) groups is 1. The minimum atomic E-state index is 0.386. The molecule has 1 aromatic heterocycles. The van der Waals surface area contributed by atoms with Crippen LogP contribution in [0.2, 0.25) is 5.02 Å². The fraction of sp³-hybridized carbons (Fsp3) is 0. The van der Waals surface area contributed by atoms with E-state index in [4.69, 9.17) is 16.3 Å². The maximum absolute atomic E-state index is 10.2. The second-order valence-corrected chi connectivity index (χ2v) is 4.27. The van der Waals surface area contributed by atoms with E-state index in [2.05, 4.69) is 10.2 Å². The Morgan fingerprint density at radius 1 is 1.05 bits per heavy atom. The van der Waals surface area contributed by atoms with Crippen LogP contribution in [0, 0.1) is 0 Å². The smallest absolute Gasteiger partial charge is 0.298 e. The van der Waals surface area contributed by atoms with Crippen LogP contribution in [0.5, 0.6) is 5.75 Å². The van der Waals surface area contributed by atoms with Crippen molar-refractivity contribution in [3.05, 3.63) is 47.5 Å². The van der Waals surface area contributed by atoms with Gasteiger partial charge in [0.1, 0.15) is 16.8 Å². The van der Waals surface area contributed by atoms with Crippen molar-refractivity contribution in [2.45, 2.75) is 0 Å². The van der Waals surface area contributed by atoms with Crippen LogP contribution in [0.1, 0.15) is 0 Å². The topological polar surface area (TPSA) is 57.0 Å². The third kappa shape index (κ3) is 2.28. The van der Waals surface area contributed by atoms with Crippen molar-refractivity contribution < 1.29 is 9.53 Å². The van der Waals surface area contributed by atoms with Gasteiger partial charge in [0.25, 0.3) is 6.47 Å². The van der Waals surface area contributed by atoms with Crippen LogP contribution in [0.4, 0.5) is 0 Å². The molecule has 3 rings (SSSR count). The number of fused-ring (bicyclic) bond motifs is 1. The Morgan fingerprint density at radius 2 is 1.79 bits per heavy atom. The highest BCUT2D eigenvalue weighted by Crippen LogP contribution is 2.18. The molecule has 0 unspecified atom stereocenters. The van der Waals surface area contributed by atoms with Crippen molar-refractivity contribution in [1.82, 2.24) is 15.0 Å². The number of ether oxygens (including phenoxy) is 1. The molecule has 0 N–H and O–H groups in total. The third-order valence-electron chi connectivity index (χ3n) is 2.59. The lowest BCUT2D eigenvalue weighted by Crippen LogP contribution is -1.98. The van der Waals surface area contributed by atoms with Gasteiger partial charge in [0.05, 0.1) is 5.69 Å². The summed E-state index contributed by atoms with van der Waals surface area (Å²) in [5.74, 6) is 0.471. The van der Waals surface area contributed by atoms with E-state index >= 15 is 0 Å². The Kier molecular flexibility index (Phi) is 2.89. The summed E-state index contributed by atoms with van der Waals surface area (Å²) in [6.45, 7) is 0.386. The third-order valence-corrected chi connectivity index (χ3v) is 2.83.